The number of halogens is 1. The number of carbonyl (C=O) groups excluding carboxylic acids is 1. The van der Waals surface area contributed by atoms with E-state index in [-0.39, 0.29) is 24.2 Å². The lowest BCUT2D eigenvalue weighted by Gasteiger charge is -2.27. The van der Waals surface area contributed by atoms with Gasteiger partial charge in [0.05, 0.1) is 18.4 Å². The average molecular weight is 377 g/mol. The zero-order valence-corrected chi connectivity index (χ0v) is 15.7. The summed E-state index contributed by atoms with van der Waals surface area (Å²) in [5.74, 6) is -0.566. The van der Waals surface area contributed by atoms with Crippen molar-refractivity contribution in [2.45, 2.75) is 31.6 Å². The van der Waals surface area contributed by atoms with Gasteiger partial charge in [-0.05, 0) is 37.1 Å². The zero-order chi connectivity index (χ0) is 16.9. The second kappa shape index (κ2) is 9.36. The van der Waals surface area contributed by atoms with Crippen LogP contribution in [-0.2, 0) is 20.5 Å². The Morgan fingerprint density at radius 2 is 2.17 bits per heavy atom. The smallest absolute Gasteiger partial charge is 0.337 e. The predicted molar refractivity (Wildman–Crippen MR) is 95.9 cm³/mol. The molecule has 8 heteroatoms. The minimum absolute atomic E-state index is 0. The molecule has 1 aromatic carbocycles. The maximum atomic E-state index is 12.8. The summed E-state index contributed by atoms with van der Waals surface area (Å²) in [4.78, 5) is 11.6. The van der Waals surface area contributed by atoms with Crippen LogP contribution in [0.3, 0.4) is 0 Å². The van der Waals surface area contributed by atoms with Crippen molar-refractivity contribution in [1.29, 1.82) is 0 Å². The molecule has 1 unspecified atom stereocenters. The van der Waals surface area contributed by atoms with Crippen molar-refractivity contribution in [1.82, 2.24) is 9.62 Å². The Morgan fingerprint density at radius 1 is 1.42 bits per heavy atom. The van der Waals surface area contributed by atoms with E-state index in [0.29, 0.717) is 24.2 Å². The SMILES string of the molecule is CCCN(C1CCNC1)S(=O)(=O)Cc1cccc(C(=O)OC)c1.Cl. The first kappa shape index (κ1) is 20.9. The molecule has 2 rings (SSSR count). The Balaban J connectivity index is 0.00000288. The monoisotopic (exact) mass is 376 g/mol. The van der Waals surface area contributed by atoms with Crippen LogP contribution in [0.2, 0.25) is 0 Å². The number of nitrogens with one attached hydrogen (secondary N) is 1. The molecule has 1 fully saturated rings. The number of hydrogen-bond acceptors (Lipinski definition) is 5. The molecule has 1 heterocycles. The molecule has 1 atom stereocenters. The Labute approximate surface area is 150 Å². The van der Waals surface area contributed by atoms with Crippen molar-refractivity contribution in [3.63, 3.8) is 0 Å². The first-order valence-electron chi connectivity index (χ1n) is 7.85. The first-order valence-corrected chi connectivity index (χ1v) is 9.46. The van der Waals surface area contributed by atoms with Crippen LogP contribution in [0.1, 0.15) is 35.7 Å². The Hall–Kier alpha value is -1.15. The molecule has 1 aliphatic heterocycles. The van der Waals surface area contributed by atoms with Gasteiger partial charge in [0.15, 0.2) is 0 Å². The molecule has 0 aromatic heterocycles. The van der Waals surface area contributed by atoms with Crippen molar-refractivity contribution >= 4 is 28.4 Å². The van der Waals surface area contributed by atoms with Crippen LogP contribution in [0.15, 0.2) is 24.3 Å². The van der Waals surface area contributed by atoms with E-state index in [4.69, 9.17) is 0 Å². The molecular formula is C16H25ClN2O4S. The molecule has 136 valence electrons. The number of ether oxygens (including phenoxy) is 1. The van der Waals surface area contributed by atoms with Gasteiger partial charge in [0.2, 0.25) is 10.0 Å². The highest BCUT2D eigenvalue weighted by atomic mass is 35.5. The number of esters is 1. The summed E-state index contributed by atoms with van der Waals surface area (Å²) in [6.07, 6.45) is 1.61. The highest BCUT2D eigenvalue weighted by Gasteiger charge is 2.31. The van der Waals surface area contributed by atoms with Gasteiger partial charge in [-0.3, -0.25) is 0 Å². The fourth-order valence-corrected chi connectivity index (χ4v) is 4.72. The van der Waals surface area contributed by atoms with Gasteiger partial charge < -0.3 is 10.1 Å². The largest absolute Gasteiger partial charge is 0.465 e. The maximum absolute atomic E-state index is 12.8. The zero-order valence-electron chi connectivity index (χ0n) is 14.0. The fourth-order valence-electron chi connectivity index (χ4n) is 2.85. The summed E-state index contributed by atoms with van der Waals surface area (Å²) in [5, 5.41) is 3.21. The Kier molecular flexibility index (Phi) is 8.15. The number of nitrogens with zero attached hydrogens (tertiary/aromatic N) is 1. The van der Waals surface area contributed by atoms with Crippen LogP contribution >= 0.6 is 12.4 Å². The lowest BCUT2D eigenvalue weighted by atomic mass is 10.1. The predicted octanol–water partition coefficient (Wildman–Crippen LogP) is 1.80. The van der Waals surface area contributed by atoms with Crippen LogP contribution in [-0.4, -0.2) is 51.5 Å². The number of hydrogen-bond donors (Lipinski definition) is 1. The van der Waals surface area contributed by atoms with Crippen LogP contribution < -0.4 is 5.32 Å². The lowest BCUT2D eigenvalue weighted by Crippen LogP contribution is -2.42. The molecular weight excluding hydrogens is 352 g/mol. The summed E-state index contributed by atoms with van der Waals surface area (Å²) < 4.78 is 31.9. The van der Waals surface area contributed by atoms with Crippen LogP contribution in [0.25, 0.3) is 0 Å². The Morgan fingerprint density at radius 3 is 2.75 bits per heavy atom. The number of benzene rings is 1. The van der Waals surface area contributed by atoms with Crippen molar-refractivity contribution in [3.8, 4) is 0 Å². The molecule has 0 amide bonds. The molecule has 6 nitrogen and oxygen atoms in total. The van der Waals surface area contributed by atoms with E-state index in [9.17, 15) is 13.2 Å². The van der Waals surface area contributed by atoms with E-state index in [1.165, 1.54) is 7.11 Å². The number of methoxy groups -OCH3 is 1. The number of sulfonamides is 1. The van der Waals surface area contributed by atoms with E-state index < -0.39 is 16.0 Å². The van der Waals surface area contributed by atoms with Gasteiger partial charge in [-0.15, -0.1) is 12.4 Å². The van der Waals surface area contributed by atoms with Gasteiger partial charge >= 0.3 is 5.97 Å². The van der Waals surface area contributed by atoms with Crippen molar-refractivity contribution < 1.29 is 17.9 Å². The van der Waals surface area contributed by atoms with Gasteiger partial charge in [-0.1, -0.05) is 19.1 Å². The van der Waals surface area contributed by atoms with Crippen LogP contribution in [0.4, 0.5) is 0 Å². The molecule has 1 aromatic rings. The second-order valence-corrected chi connectivity index (χ2v) is 7.63. The van der Waals surface area contributed by atoms with Crippen molar-refractivity contribution in [3.05, 3.63) is 35.4 Å². The molecule has 0 bridgehead atoms. The second-order valence-electron chi connectivity index (χ2n) is 5.71. The highest BCUT2D eigenvalue weighted by molar-refractivity contribution is 7.88. The molecule has 24 heavy (non-hydrogen) atoms. The molecule has 1 N–H and O–H groups in total. The normalized spacial score (nSPS) is 17.5. The third-order valence-electron chi connectivity index (χ3n) is 3.94. The van der Waals surface area contributed by atoms with E-state index >= 15 is 0 Å². The van der Waals surface area contributed by atoms with E-state index in [1.807, 2.05) is 6.92 Å². The lowest BCUT2D eigenvalue weighted by molar-refractivity contribution is 0.0600. The van der Waals surface area contributed by atoms with Crippen molar-refractivity contribution in [2.24, 2.45) is 0 Å². The van der Waals surface area contributed by atoms with E-state index in [1.54, 1.807) is 28.6 Å². The number of carbonyl (C=O) groups is 1. The molecule has 1 saturated heterocycles. The minimum atomic E-state index is -3.43. The quantitative estimate of drug-likeness (QED) is 0.734. The van der Waals surface area contributed by atoms with E-state index in [0.717, 1.165) is 19.4 Å². The molecule has 0 spiro atoms. The summed E-state index contributed by atoms with van der Waals surface area (Å²) >= 11 is 0. The molecule has 0 saturated carbocycles. The van der Waals surface area contributed by atoms with Gasteiger partial charge in [-0.25, -0.2) is 13.2 Å². The van der Waals surface area contributed by atoms with Gasteiger partial charge in [0, 0.05) is 19.1 Å². The summed E-state index contributed by atoms with van der Waals surface area (Å²) in [5.41, 5.74) is 0.963. The standard InChI is InChI=1S/C16H24N2O4S.ClH/c1-3-9-18(15-7-8-17-11-15)23(20,21)12-13-5-4-6-14(10-13)16(19)22-2;/h4-6,10,15,17H,3,7-9,11-12H2,1-2H3;1H. The molecule has 0 aliphatic carbocycles. The number of rotatable bonds is 7. The third-order valence-corrected chi connectivity index (χ3v) is 5.83. The fraction of sp³-hybridized carbons (Fsp3) is 0.562. The van der Waals surface area contributed by atoms with Gasteiger partial charge in [0.1, 0.15) is 0 Å². The first-order chi connectivity index (χ1) is 11.0. The third kappa shape index (κ3) is 5.17. The van der Waals surface area contributed by atoms with Gasteiger partial charge in [0.25, 0.3) is 0 Å². The Bertz CT molecular complexity index is 645. The van der Waals surface area contributed by atoms with Crippen molar-refractivity contribution in [2.75, 3.05) is 26.7 Å². The molecule has 1 aliphatic rings. The summed E-state index contributed by atoms with van der Waals surface area (Å²) in [6.45, 7) is 4.04. The summed E-state index contributed by atoms with van der Waals surface area (Å²) in [7, 11) is -2.12. The minimum Gasteiger partial charge on any atom is -0.465 e. The molecule has 0 radical (unpaired) electrons. The van der Waals surface area contributed by atoms with Crippen LogP contribution in [0.5, 0.6) is 0 Å². The topological polar surface area (TPSA) is 75.7 Å². The summed E-state index contributed by atoms with van der Waals surface area (Å²) in [6, 6.07) is 6.62. The van der Waals surface area contributed by atoms with Crippen LogP contribution in [0, 0.1) is 0 Å². The maximum Gasteiger partial charge on any atom is 0.337 e. The average Bonchev–Trinajstić information content (AvgIpc) is 3.05. The van der Waals surface area contributed by atoms with E-state index in [2.05, 4.69) is 10.1 Å². The highest BCUT2D eigenvalue weighted by Crippen LogP contribution is 2.19. The van der Waals surface area contributed by atoms with Gasteiger partial charge in [-0.2, -0.15) is 4.31 Å².